The zero-order valence-electron chi connectivity index (χ0n) is 32.3. The highest BCUT2D eigenvalue weighted by Gasteiger charge is 2.32. The third-order valence-corrected chi connectivity index (χ3v) is 8.15. The molecule has 0 aromatic heterocycles. The minimum atomic E-state index is -0.932. The monoisotopic (exact) mass is 766 g/mol. The van der Waals surface area contributed by atoms with Crippen LogP contribution < -0.4 is 32.3 Å². The van der Waals surface area contributed by atoms with E-state index in [0.29, 0.717) is 39.3 Å². The van der Waals surface area contributed by atoms with Crippen molar-refractivity contribution in [1.29, 1.82) is 5.41 Å². The summed E-state index contributed by atoms with van der Waals surface area (Å²) in [6, 6.07) is 0. The van der Waals surface area contributed by atoms with Crippen molar-refractivity contribution in [3.05, 3.63) is 24.9 Å². The fourth-order valence-corrected chi connectivity index (χ4v) is 5.01. The van der Waals surface area contributed by atoms with E-state index in [4.69, 9.17) is 25.4 Å². The first-order valence-electron chi connectivity index (χ1n) is 18.9. The summed E-state index contributed by atoms with van der Waals surface area (Å²) >= 11 is 0. The minimum absolute atomic E-state index is 0.0403. The summed E-state index contributed by atoms with van der Waals surface area (Å²) < 4.78 is 16.5. The Balaban J connectivity index is 4.60. The van der Waals surface area contributed by atoms with Crippen molar-refractivity contribution in [2.75, 3.05) is 86.0 Å². The number of hydrogen-bond donors (Lipinski definition) is 7. The van der Waals surface area contributed by atoms with Gasteiger partial charge in [0.05, 0.1) is 39.6 Å². The number of ether oxygens (including phenoxy) is 3. The van der Waals surface area contributed by atoms with Gasteiger partial charge >= 0.3 is 0 Å². The maximum atomic E-state index is 13.1. The molecule has 0 aliphatic heterocycles. The molecule has 0 heterocycles. The first-order chi connectivity index (χ1) is 26.1. The summed E-state index contributed by atoms with van der Waals surface area (Å²) in [7, 11) is 1.61. The molecule has 0 aliphatic carbocycles. The smallest absolute Gasteiger partial charge is 0.246 e. The first-order valence-corrected chi connectivity index (χ1v) is 18.9. The van der Waals surface area contributed by atoms with Crippen LogP contribution in [0.3, 0.4) is 0 Å². The molecule has 1 atom stereocenters. The van der Waals surface area contributed by atoms with Crippen LogP contribution in [0.4, 0.5) is 0 Å². The Morgan fingerprint density at radius 3 is 1.80 bits per heavy atom. The highest BCUT2D eigenvalue weighted by molar-refractivity contribution is 5.91. The normalized spacial score (nSPS) is 12.0. The van der Waals surface area contributed by atoms with Gasteiger partial charge in [-0.2, -0.15) is 0 Å². The van der Waals surface area contributed by atoms with Gasteiger partial charge in [0.2, 0.25) is 29.5 Å². The number of rotatable bonds is 37. The van der Waals surface area contributed by atoms with Crippen molar-refractivity contribution >= 4 is 42.0 Å². The summed E-state index contributed by atoms with van der Waals surface area (Å²) in [5.74, 6) is -1.10. The quantitative estimate of drug-likeness (QED) is 0.0198. The Morgan fingerprint density at radius 1 is 0.722 bits per heavy atom. The van der Waals surface area contributed by atoms with E-state index in [9.17, 15) is 28.8 Å². The maximum Gasteiger partial charge on any atom is 0.246 e. The second kappa shape index (κ2) is 34.6. The molecule has 17 nitrogen and oxygen atoms in total. The van der Waals surface area contributed by atoms with Gasteiger partial charge in [-0.25, -0.2) is 0 Å². The summed E-state index contributed by atoms with van der Waals surface area (Å²) in [6.45, 7) is 8.00. The molecule has 17 heteroatoms. The van der Waals surface area contributed by atoms with Crippen LogP contribution in [-0.2, 0) is 43.0 Å². The molecule has 0 aliphatic rings. The number of aldehydes is 1. The predicted molar refractivity (Wildman–Crippen MR) is 207 cm³/mol. The Kier molecular flexibility index (Phi) is 31.9. The number of amides is 5. The van der Waals surface area contributed by atoms with Crippen molar-refractivity contribution in [3.8, 4) is 0 Å². The van der Waals surface area contributed by atoms with Crippen molar-refractivity contribution in [3.63, 3.8) is 0 Å². The zero-order chi connectivity index (χ0) is 40.1. The van der Waals surface area contributed by atoms with Crippen molar-refractivity contribution < 1.29 is 43.0 Å². The lowest BCUT2D eigenvalue weighted by Gasteiger charge is -2.35. The highest BCUT2D eigenvalue weighted by atomic mass is 16.5. The third-order valence-electron chi connectivity index (χ3n) is 8.15. The number of nitrogens with zero attached hydrogens (tertiary/aromatic N) is 1. The van der Waals surface area contributed by atoms with E-state index in [2.05, 4.69) is 33.2 Å². The van der Waals surface area contributed by atoms with Gasteiger partial charge in [-0.1, -0.05) is 6.58 Å². The molecule has 0 bridgehead atoms. The van der Waals surface area contributed by atoms with E-state index >= 15 is 0 Å². The van der Waals surface area contributed by atoms with Crippen LogP contribution in [0.2, 0.25) is 0 Å². The Hall–Kier alpha value is -4.19. The fourth-order valence-electron chi connectivity index (χ4n) is 5.01. The van der Waals surface area contributed by atoms with Gasteiger partial charge in [0.15, 0.2) is 0 Å². The van der Waals surface area contributed by atoms with Gasteiger partial charge in [0.25, 0.3) is 0 Å². The van der Waals surface area contributed by atoms with Crippen LogP contribution in [0.15, 0.2) is 24.9 Å². The summed E-state index contributed by atoms with van der Waals surface area (Å²) in [6.07, 6.45) is 10.7. The van der Waals surface area contributed by atoms with Gasteiger partial charge < -0.3 is 61.6 Å². The molecule has 0 spiro atoms. The zero-order valence-corrected chi connectivity index (χ0v) is 32.3. The summed E-state index contributed by atoms with van der Waals surface area (Å²) in [4.78, 5) is 74.9. The third kappa shape index (κ3) is 29.3. The van der Waals surface area contributed by atoms with Crippen LogP contribution in [0, 0.1) is 5.41 Å². The predicted octanol–water partition coefficient (Wildman–Crippen LogP) is 0.476. The standard InChI is InChI=1S/C37H66N8O9/c1-3-40-20-6-7-22-42-33(48)12-17-37(15-9-25-46,16-11-32(47)41-21-5-4-18-38)44-35(50)14-27-53-29-31-54-30-28-52-26-13-34(49)43-23-24-45(2)36(51)10-8-19-39/h3,8,10,19,25,39-40H,1,4-7,9,11-18,20-24,26-31,38H2,2H3,(H,41,47)(H,42,48)(H,43,49)(H,44,50)/b10-8-,39-19?. The van der Waals surface area contributed by atoms with Crippen LogP contribution in [0.5, 0.6) is 0 Å². The molecule has 0 rings (SSSR count). The van der Waals surface area contributed by atoms with E-state index in [0.717, 1.165) is 44.7 Å². The van der Waals surface area contributed by atoms with Crippen molar-refractivity contribution in [2.45, 2.75) is 82.6 Å². The van der Waals surface area contributed by atoms with Crippen molar-refractivity contribution in [2.24, 2.45) is 5.73 Å². The average molecular weight is 767 g/mol. The molecule has 0 fully saturated rings. The Morgan fingerprint density at radius 2 is 1.24 bits per heavy atom. The second-order valence-electron chi connectivity index (χ2n) is 12.6. The Bertz CT molecular complexity index is 1130. The van der Waals surface area contributed by atoms with E-state index in [1.54, 1.807) is 13.2 Å². The van der Waals surface area contributed by atoms with Crippen molar-refractivity contribution in [1.82, 2.24) is 31.5 Å². The number of carbonyl (C=O) groups is 6. The number of unbranched alkanes of at least 4 members (excludes halogenated alkanes) is 2. The first kappa shape index (κ1) is 49.8. The molecule has 1 unspecified atom stereocenters. The average Bonchev–Trinajstić information content (AvgIpc) is 3.16. The van der Waals surface area contributed by atoms with Gasteiger partial charge in [-0.3, -0.25) is 24.0 Å². The molecule has 0 aromatic carbocycles. The summed E-state index contributed by atoms with van der Waals surface area (Å²) in [5, 5.41) is 21.4. The SMILES string of the molecule is C=CNCCCCNC(=O)CCC(CCC=O)(CCC(=O)NCCCCN)NC(=O)CCOCCOCCOCCC(=O)NCCN(C)C(=O)/C=C\C=N. The number of carbonyl (C=O) groups excluding carboxylic acids is 6. The molecule has 0 radical (unpaired) electrons. The number of allylic oxidation sites excluding steroid dienone is 1. The van der Waals surface area contributed by atoms with Gasteiger partial charge in [-0.15, -0.1) is 0 Å². The van der Waals surface area contributed by atoms with Crippen LogP contribution >= 0.6 is 0 Å². The van der Waals surface area contributed by atoms with E-state index in [1.165, 1.54) is 17.1 Å². The van der Waals surface area contributed by atoms with Crippen LogP contribution in [0.25, 0.3) is 0 Å². The van der Waals surface area contributed by atoms with Gasteiger partial charge in [0, 0.05) is 89.7 Å². The topological polar surface area (TPSA) is 243 Å². The highest BCUT2D eigenvalue weighted by Crippen LogP contribution is 2.26. The van der Waals surface area contributed by atoms with Gasteiger partial charge in [-0.05, 0) is 63.8 Å². The van der Waals surface area contributed by atoms with Gasteiger partial charge in [0.1, 0.15) is 6.29 Å². The molecule has 0 saturated heterocycles. The fraction of sp³-hybridized carbons (Fsp3) is 0.703. The maximum absolute atomic E-state index is 13.1. The molecule has 8 N–H and O–H groups in total. The van der Waals surface area contributed by atoms with Crippen LogP contribution in [-0.4, -0.2) is 138 Å². The molecular weight excluding hydrogens is 700 g/mol. The lowest BCUT2D eigenvalue weighted by molar-refractivity contribution is -0.127. The number of nitrogens with two attached hydrogens (primary N) is 1. The molecular formula is C37H66N8O9. The number of likely N-dealkylation sites (N-methyl/N-ethyl adjacent to an activating group) is 1. The largest absolute Gasteiger partial charge is 0.391 e. The molecule has 5 amide bonds. The van der Waals surface area contributed by atoms with E-state index in [1.807, 2.05) is 0 Å². The molecule has 0 saturated carbocycles. The lowest BCUT2D eigenvalue weighted by atomic mass is 9.83. The van der Waals surface area contributed by atoms with E-state index in [-0.39, 0.29) is 114 Å². The number of nitrogens with one attached hydrogen (secondary N) is 6. The second-order valence-corrected chi connectivity index (χ2v) is 12.6. The summed E-state index contributed by atoms with van der Waals surface area (Å²) in [5.41, 5.74) is 4.60. The number of hydrogen-bond acceptors (Lipinski definition) is 12. The molecule has 308 valence electrons. The lowest BCUT2D eigenvalue weighted by Crippen LogP contribution is -2.50. The molecule has 54 heavy (non-hydrogen) atoms. The van der Waals surface area contributed by atoms with E-state index < -0.39 is 5.54 Å². The van der Waals surface area contributed by atoms with Crippen LogP contribution in [0.1, 0.15) is 77.0 Å². The molecule has 0 aromatic rings. The Labute approximate surface area is 320 Å². The minimum Gasteiger partial charge on any atom is -0.391 e.